The zero-order valence-electron chi connectivity index (χ0n) is 19.1. The lowest BCUT2D eigenvalue weighted by molar-refractivity contribution is -0.139. The molecule has 0 bridgehead atoms. The molecule has 1 saturated heterocycles. The molecule has 3 heterocycles. The number of hydrogen-bond donors (Lipinski definition) is 1. The number of aliphatic hydroxyl groups excluding tert-OH is 1. The highest BCUT2D eigenvalue weighted by Crippen LogP contribution is 2.40. The molecule has 1 atom stereocenters. The smallest absolute Gasteiger partial charge is 0.295 e. The summed E-state index contributed by atoms with van der Waals surface area (Å²) < 4.78 is 8.82. The largest absolute Gasteiger partial charge is 0.507 e. The summed E-state index contributed by atoms with van der Waals surface area (Å²) in [4.78, 5) is 31.8. The topological polar surface area (TPSA) is 102 Å². The summed E-state index contributed by atoms with van der Waals surface area (Å²) in [7, 11) is 3.35. The van der Waals surface area contributed by atoms with Crippen molar-refractivity contribution in [3.8, 4) is 5.75 Å². The number of carbonyl (C=O) groups is 2. The van der Waals surface area contributed by atoms with Crippen molar-refractivity contribution in [2.75, 3.05) is 13.7 Å². The van der Waals surface area contributed by atoms with Crippen molar-refractivity contribution in [3.63, 3.8) is 0 Å². The normalized spacial score (nSPS) is 17.7. The maximum atomic E-state index is 13.2. The predicted molar refractivity (Wildman–Crippen MR) is 122 cm³/mol. The Morgan fingerprint density at radius 3 is 2.45 bits per heavy atom. The third-order valence-electron chi connectivity index (χ3n) is 6.09. The number of rotatable bonds is 7. The third kappa shape index (κ3) is 4.02. The Labute approximate surface area is 191 Å². The molecule has 2 aromatic heterocycles. The number of benzene rings is 1. The molecule has 0 saturated carbocycles. The fourth-order valence-electron chi connectivity index (χ4n) is 4.34. The van der Waals surface area contributed by atoms with E-state index >= 15 is 0 Å². The van der Waals surface area contributed by atoms with E-state index in [2.05, 4.69) is 10.1 Å². The zero-order valence-corrected chi connectivity index (χ0v) is 19.1. The van der Waals surface area contributed by atoms with Crippen LogP contribution in [0.25, 0.3) is 5.76 Å². The van der Waals surface area contributed by atoms with Gasteiger partial charge < -0.3 is 19.3 Å². The predicted octanol–water partition coefficient (Wildman–Crippen LogP) is 2.75. The van der Waals surface area contributed by atoms with Gasteiger partial charge in [-0.2, -0.15) is 5.10 Å². The van der Waals surface area contributed by atoms with Gasteiger partial charge in [0.2, 0.25) is 0 Å². The Hall–Kier alpha value is -3.88. The third-order valence-corrected chi connectivity index (χ3v) is 6.09. The number of ether oxygens (including phenoxy) is 1. The van der Waals surface area contributed by atoms with Crippen LogP contribution in [-0.2, 0) is 23.2 Å². The number of aliphatic hydroxyl groups is 1. The summed E-state index contributed by atoms with van der Waals surface area (Å²) in [6.07, 6.45) is 5.88. The summed E-state index contributed by atoms with van der Waals surface area (Å²) >= 11 is 0. The van der Waals surface area contributed by atoms with Crippen LogP contribution < -0.4 is 4.74 Å². The van der Waals surface area contributed by atoms with Gasteiger partial charge in [-0.05, 0) is 38.0 Å². The van der Waals surface area contributed by atoms with E-state index in [1.165, 1.54) is 4.90 Å². The molecule has 0 radical (unpaired) electrons. The quantitative estimate of drug-likeness (QED) is 0.338. The first-order valence-electron chi connectivity index (χ1n) is 10.7. The molecular weight excluding hydrogens is 422 g/mol. The van der Waals surface area contributed by atoms with Crippen LogP contribution >= 0.6 is 0 Å². The van der Waals surface area contributed by atoms with Gasteiger partial charge in [0, 0.05) is 38.2 Å². The highest BCUT2D eigenvalue weighted by molar-refractivity contribution is 6.46. The van der Waals surface area contributed by atoms with Gasteiger partial charge in [0.05, 0.1) is 36.3 Å². The second-order valence-electron chi connectivity index (χ2n) is 8.09. The highest BCUT2D eigenvalue weighted by atomic mass is 16.5. The van der Waals surface area contributed by atoms with Gasteiger partial charge in [0.25, 0.3) is 11.7 Å². The van der Waals surface area contributed by atoms with Crippen molar-refractivity contribution in [1.82, 2.24) is 24.2 Å². The molecule has 1 aliphatic rings. The van der Waals surface area contributed by atoms with E-state index in [1.54, 1.807) is 50.4 Å². The minimum Gasteiger partial charge on any atom is -0.507 e. The lowest BCUT2D eigenvalue weighted by atomic mass is 9.94. The second-order valence-corrected chi connectivity index (χ2v) is 8.09. The molecule has 3 aromatic rings. The number of imidazole rings is 1. The number of hydrogen-bond acceptors (Lipinski definition) is 6. The van der Waals surface area contributed by atoms with E-state index in [4.69, 9.17) is 4.74 Å². The van der Waals surface area contributed by atoms with Crippen molar-refractivity contribution in [1.29, 1.82) is 0 Å². The number of amides is 1. The Balaban J connectivity index is 1.77. The van der Waals surface area contributed by atoms with E-state index in [0.717, 1.165) is 5.56 Å². The van der Waals surface area contributed by atoms with E-state index < -0.39 is 17.7 Å². The van der Waals surface area contributed by atoms with Crippen LogP contribution in [0, 0.1) is 13.8 Å². The number of aromatic nitrogens is 4. The first kappa shape index (κ1) is 22.3. The molecule has 0 aliphatic carbocycles. The molecule has 9 heteroatoms. The maximum absolute atomic E-state index is 13.2. The standard InChI is InChI=1S/C24H27N5O4/c1-15-19(16(2)27(3)26-15)22(30)20-21(17-6-8-18(33-4)9-7-17)29(24(32)23(20)31)12-5-11-28-13-10-25-14-28/h6-10,13-14,21,30H,5,11-12H2,1-4H3/b22-20+/t21-/m1/s1. The number of nitrogens with zero attached hydrogens (tertiary/aromatic N) is 5. The monoisotopic (exact) mass is 449 g/mol. The van der Waals surface area contributed by atoms with Crippen LogP contribution in [0.15, 0.2) is 48.6 Å². The molecule has 33 heavy (non-hydrogen) atoms. The molecule has 0 unspecified atom stereocenters. The molecule has 0 spiro atoms. The SMILES string of the molecule is COc1ccc([C@@H]2/C(=C(\O)c3c(C)nn(C)c3C)C(=O)C(=O)N2CCCn2ccnc2)cc1. The first-order valence-corrected chi connectivity index (χ1v) is 10.7. The Morgan fingerprint density at radius 1 is 1.15 bits per heavy atom. The average molecular weight is 450 g/mol. The van der Waals surface area contributed by atoms with E-state index in [1.807, 2.05) is 29.8 Å². The lowest BCUT2D eigenvalue weighted by Gasteiger charge is -2.25. The van der Waals surface area contributed by atoms with E-state index in [-0.39, 0.29) is 11.3 Å². The summed E-state index contributed by atoms with van der Waals surface area (Å²) in [5.41, 5.74) is 2.58. The summed E-state index contributed by atoms with van der Waals surface area (Å²) in [5.74, 6) is -0.857. The molecule has 1 amide bonds. The fraction of sp³-hybridized carbons (Fsp3) is 0.333. The number of carbonyl (C=O) groups excluding carboxylic acids is 2. The summed E-state index contributed by atoms with van der Waals surface area (Å²) in [5, 5.41) is 15.7. The first-order chi connectivity index (χ1) is 15.8. The zero-order chi connectivity index (χ0) is 23.7. The number of aryl methyl sites for hydroxylation is 3. The van der Waals surface area contributed by atoms with Gasteiger partial charge >= 0.3 is 0 Å². The number of Topliss-reactive ketones (excluding diaryl/α,β-unsaturated/α-hetero) is 1. The Morgan fingerprint density at radius 2 is 1.88 bits per heavy atom. The lowest BCUT2D eigenvalue weighted by Crippen LogP contribution is -2.31. The van der Waals surface area contributed by atoms with Crippen LogP contribution in [0.3, 0.4) is 0 Å². The van der Waals surface area contributed by atoms with Crippen molar-refractivity contribution in [2.24, 2.45) is 7.05 Å². The minimum absolute atomic E-state index is 0.0759. The van der Waals surface area contributed by atoms with Crippen molar-refractivity contribution < 1.29 is 19.4 Å². The number of methoxy groups -OCH3 is 1. The molecule has 1 N–H and O–H groups in total. The Bertz CT molecular complexity index is 1210. The van der Waals surface area contributed by atoms with E-state index in [9.17, 15) is 14.7 Å². The van der Waals surface area contributed by atoms with Crippen molar-refractivity contribution in [3.05, 3.63) is 71.1 Å². The van der Waals surface area contributed by atoms with Crippen LogP contribution in [0.2, 0.25) is 0 Å². The minimum atomic E-state index is -0.710. The van der Waals surface area contributed by atoms with Gasteiger partial charge in [0.1, 0.15) is 11.5 Å². The van der Waals surface area contributed by atoms with Crippen LogP contribution in [-0.4, -0.2) is 54.7 Å². The maximum Gasteiger partial charge on any atom is 0.295 e. The van der Waals surface area contributed by atoms with Crippen LogP contribution in [0.4, 0.5) is 0 Å². The number of ketones is 1. The van der Waals surface area contributed by atoms with Crippen LogP contribution in [0.5, 0.6) is 5.75 Å². The summed E-state index contributed by atoms with van der Waals surface area (Å²) in [6.45, 7) is 4.59. The molecule has 1 aliphatic heterocycles. The molecule has 9 nitrogen and oxygen atoms in total. The Kier molecular flexibility index (Phi) is 6.04. The van der Waals surface area contributed by atoms with Crippen LogP contribution in [0.1, 0.15) is 35.0 Å². The van der Waals surface area contributed by atoms with Gasteiger partial charge in [-0.3, -0.25) is 14.3 Å². The number of likely N-dealkylation sites (tertiary alicyclic amines) is 1. The van der Waals surface area contributed by atoms with Gasteiger partial charge in [0.15, 0.2) is 0 Å². The molecular formula is C24H27N5O4. The van der Waals surface area contributed by atoms with Gasteiger partial charge in [-0.1, -0.05) is 12.1 Å². The fourth-order valence-corrected chi connectivity index (χ4v) is 4.34. The van der Waals surface area contributed by atoms with Gasteiger partial charge in [-0.15, -0.1) is 0 Å². The molecule has 4 rings (SSSR count). The van der Waals surface area contributed by atoms with Gasteiger partial charge in [-0.25, -0.2) is 4.98 Å². The second kappa shape index (κ2) is 8.93. The molecule has 172 valence electrons. The van der Waals surface area contributed by atoms with E-state index in [0.29, 0.717) is 42.2 Å². The highest BCUT2D eigenvalue weighted by Gasteiger charge is 2.46. The molecule has 1 fully saturated rings. The van der Waals surface area contributed by atoms with Crippen molar-refractivity contribution in [2.45, 2.75) is 32.9 Å². The summed E-state index contributed by atoms with van der Waals surface area (Å²) in [6, 6.07) is 6.48. The van der Waals surface area contributed by atoms with Crippen molar-refractivity contribution >= 4 is 17.4 Å². The molecule has 1 aromatic carbocycles. The average Bonchev–Trinajstić information content (AvgIpc) is 3.47.